The van der Waals surface area contributed by atoms with E-state index in [4.69, 9.17) is 19.2 Å². The third kappa shape index (κ3) is 111. The predicted molar refractivity (Wildman–Crippen MR) is 31.4 cm³/mol. The number of phosphoric acid groups is 1. The van der Waals surface area contributed by atoms with E-state index in [1.54, 1.807) is 0 Å². The van der Waals surface area contributed by atoms with Crippen LogP contribution in [0, 0.1) is 0 Å². The van der Waals surface area contributed by atoms with Gasteiger partial charge in [-0.3, -0.25) is 0 Å². The molecular weight excluding hydrogens is 358 g/mol. The Kier molecular flexibility index (Phi) is 44.1. The first kappa shape index (κ1) is 29.8. The van der Waals surface area contributed by atoms with Crippen molar-refractivity contribution in [2.24, 2.45) is 0 Å². The third-order valence-corrected chi connectivity index (χ3v) is 0. The summed E-state index contributed by atoms with van der Waals surface area (Å²) in [5.74, 6) is 0. The molecule has 0 spiro atoms. The van der Waals surface area contributed by atoms with Gasteiger partial charge in [0.25, 0.3) is 0 Å². The molecule has 0 aliphatic rings. The van der Waals surface area contributed by atoms with Gasteiger partial charge in [0.15, 0.2) is 17.4 Å². The topological polar surface area (TPSA) is 77.8 Å². The third-order valence-electron chi connectivity index (χ3n) is 0. The maximum absolute atomic E-state index is 8.88. The first-order chi connectivity index (χ1) is 2.00. The van der Waals surface area contributed by atoms with Crippen molar-refractivity contribution in [1.82, 2.24) is 0 Å². The summed E-state index contributed by atoms with van der Waals surface area (Å²) in [4.78, 5) is 21.6. The van der Waals surface area contributed by atoms with Crippen LogP contribution in [0.2, 0.25) is 0 Å². The zero-order chi connectivity index (χ0) is 4.50. The van der Waals surface area contributed by atoms with Crippen LogP contribution in [0.1, 0.15) is 0 Å². The van der Waals surface area contributed by atoms with Crippen LogP contribution in [0.4, 0.5) is 0 Å². The van der Waals surface area contributed by atoms with E-state index in [-0.39, 0.29) is 80.3 Å². The average Bonchev–Trinajstić information content (AvgIpc) is 0.722. The largest absolute Gasteiger partial charge is 0 e. The van der Waals surface area contributed by atoms with Gasteiger partial charge in [-0.1, -0.05) is 0 Å². The molecule has 49 valence electrons. The van der Waals surface area contributed by atoms with Crippen LogP contribution in [0.5, 0.6) is 0 Å². The van der Waals surface area contributed by atoms with Crippen LogP contribution in [0.15, 0.2) is 0 Å². The van der Waals surface area contributed by atoms with Gasteiger partial charge < -0.3 is 14.7 Å². The van der Waals surface area contributed by atoms with E-state index in [0.717, 1.165) is 0 Å². The minimum absolute atomic E-state index is 0. The van der Waals surface area contributed by atoms with Crippen LogP contribution in [-0.2, 0) is 48.7 Å². The van der Waals surface area contributed by atoms with Crippen molar-refractivity contribution in [3.63, 3.8) is 0 Å². The summed E-state index contributed by atoms with van der Waals surface area (Å²) in [5.41, 5.74) is 0. The normalized spacial score (nSPS) is 6.56. The monoisotopic (exact) mass is 365 g/mol. The Morgan fingerprint density at radius 1 is 1.11 bits per heavy atom. The summed E-state index contributed by atoms with van der Waals surface area (Å²) in [6.07, 6.45) is 0. The molecule has 9 heavy (non-hydrogen) atoms. The Morgan fingerprint density at radius 3 is 1.11 bits per heavy atom. The van der Waals surface area contributed by atoms with E-state index in [1.807, 2.05) is 0 Å². The van der Waals surface area contributed by atoms with E-state index in [1.165, 1.54) is 0 Å². The molecule has 0 atom stereocenters. The molecule has 9 heteroatoms. The maximum atomic E-state index is 8.88. The van der Waals surface area contributed by atoms with Gasteiger partial charge in [-0.15, -0.1) is 0 Å². The Hall–Kier alpha value is 2.69. The van der Waals surface area contributed by atoms with Gasteiger partial charge in [-0.05, 0) is 0 Å². The van der Waals surface area contributed by atoms with Crippen LogP contribution < -0.4 is 0 Å². The Morgan fingerprint density at radius 2 is 1.11 bits per heavy atom. The molecule has 0 aromatic rings. The van der Waals surface area contributed by atoms with Gasteiger partial charge in [-0.25, -0.2) is 4.57 Å². The number of rotatable bonds is 0. The molecule has 0 aliphatic carbocycles. The summed E-state index contributed by atoms with van der Waals surface area (Å²) in [7, 11) is -4.64. The molecule has 3 N–H and O–H groups in total. The van der Waals surface area contributed by atoms with Crippen LogP contribution in [0.25, 0.3) is 0 Å². The smallest absolute Gasteiger partial charge is 0 e. The summed E-state index contributed by atoms with van der Waals surface area (Å²) >= 11 is 0. The van der Waals surface area contributed by atoms with Crippen LogP contribution >= 0.6 is 7.82 Å². The van der Waals surface area contributed by atoms with Crippen molar-refractivity contribution >= 4 is 44.0 Å². The van der Waals surface area contributed by atoms with Crippen molar-refractivity contribution in [3.8, 4) is 0 Å². The second-order valence-corrected chi connectivity index (χ2v) is 1.54. The summed E-state index contributed by atoms with van der Waals surface area (Å²) < 4.78 is 8.88. The first-order valence-corrected chi connectivity index (χ1v) is 2.35. The standard InChI is InChI=1S/Al.Li.H3O4P.Ta.Ti.4H/c;;1-5(2,3)4;;;;;;/h;;(H3,1,2,3,4);;;;;;. The van der Waals surface area contributed by atoms with Crippen LogP contribution in [0.3, 0.4) is 0 Å². The molecule has 0 aromatic heterocycles. The zero-order valence-electron chi connectivity index (χ0n) is 3.14. The molecule has 0 unspecified atom stereocenters. The number of hydrogen-bond acceptors (Lipinski definition) is 1. The predicted octanol–water partition coefficient (Wildman–Crippen LogP) is -2.77. The van der Waals surface area contributed by atoms with Gasteiger partial charge in [0.2, 0.25) is 0 Å². The molecule has 1 radical (unpaired) electrons. The molecule has 0 saturated carbocycles. The molecule has 0 aliphatic heterocycles. The molecular formula is H7AlLiO4PTaTi. The molecule has 0 fully saturated rings. The van der Waals surface area contributed by atoms with E-state index < -0.39 is 7.82 Å². The average molecular weight is 365 g/mol. The summed E-state index contributed by atoms with van der Waals surface area (Å²) in [6.45, 7) is 0. The minimum Gasteiger partial charge on any atom is 0 e. The zero-order valence-corrected chi connectivity index (χ0v) is 8.81. The van der Waals surface area contributed by atoms with E-state index in [9.17, 15) is 0 Å². The maximum Gasteiger partial charge on any atom is 0 e. The molecule has 0 saturated heterocycles. The van der Waals surface area contributed by atoms with Gasteiger partial charge in [0.1, 0.15) is 0 Å². The minimum atomic E-state index is -4.64. The Labute approximate surface area is 106 Å². The summed E-state index contributed by atoms with van der Waals surface area (Å²) in [6, 6.07) is 0. The van der Waals surface area contributed by atoms with E-state index in [2.05, 4.69) is 0 Å². The molecule has 0 amide bonds. The fraction of sp³-hybridized carbons (Fsp3) is 0. The second kappa shape index (κ2) is 13.3. The van der Waals surface area contributed by atoms with Crippen molar-refractivity contribution in [2.45, 2.75) is 0 Å². The Bertz CT molecular complexity index is 66.7. The van der Waals surface area contributed by atoms with Gasteiger partial charge in [0.05, 0.1) is 0 Å². The van der Waals surface area contributed by atoms with Gasteiger partial charge in [0, 0.05) is 44.1 Å². The van der Waals surface area contributed by atoms with E-state index >= 15 is 0 Å². The van der Waals surface area contributed by atoms with Crippen molar-refractivity contribution in [1.29, 1.82) is 0 Å². The van der Waals surface area contributed by atoms with Crippen molar-refractivity contribution < 1.29 is 63.3 Å². The molecule has 0 heterocycles. The van der Waals surface area contributed by atoms with Gasteiger partial charge >= 0.3 is 26.7 Å². The fourth-order valence-corrected chi connectivity index (χ4v) is 0. The van der Waals surface area contributed by atoms with Gasteiger partial charge in [-0.2, -0.15) is 0 Å². The van der Waals surface area contributed by atoms with Crippen molar-refractivity contribution in [3.05, 3.63) is 0 Å². The van der Waals surface area contributed by atoms with Crippen molar-refractivity contribution in [2.75, 3.05) is 0 Å². The molecule has 4 nitrogen and oxygen atoms in total. The SMILES string of the molecule is O=P(O)(O)O.[AlH3].[LiH].[Ta].[Ti]. The Balaban J connectivity index is -0.0000000133. The molecule has 0 aromatic carbocycles. The first-order valence-electron chi connectivity index (χ1n) is 0.783. The fourth-order valence-electron chi connectivity index (χ4n) is 0. The van der Waals surface area contributed by atoms with Crippen LogP contribution in [-0.4, -0.2) is 50.9 Å². The molecule has 0 bridgehead atoms. The summed E-state index contributed by atoms with van der Waals surface area (Å²) in [5, 5.41) is 0. The number of hydrogen-bond donors (Lipinski definition) is 3. The second-order valence-electron chi connectivity index (χ2n) is 0.513. The molecule has 0 rings (SSSR count). The van der Waals surface area contributed by atoms with E-state index in [0.29, 0.717) is 0 Å². The quantitative estimate of drug-likeness (QED) is 0.321.